The Hall–Kier alpha value is -0.400. The zero-order valence-electron chi connectivity index (χ0n) is 9.27. The molecule has 2 aromatic rings. The van der Waals surface area contributed by atoms with Crippen molar-refractivity contribution in [1.29, 1.82) is 0 Å². The molecule has 0 aromatic carbocycles. The molecule has 0 amide bonds. The van der Waals surface area contributed by atoms with Crippen LogP contribution in [0.5, 0.6) is 0 Å². The Bertz CT molecular complexity index is 489. The zero-order valence-corrected chi connectivity index (χ0v) is 12.2. The minimum Gasteiger partial charge on any atom is -0.324 e. The van der Waals surface area contributed by atoms with Gasteiger partial charge in [0.25, 0.3) is 0 Å². The number of rotatable bonds is 3. The Morgan fingerprint density at radius 2 is 2.31 bits per heavy atom. The lowest BCUT2D eigenvalue weighted by Crippen LogP contribution is -2.14. The standard InChI is InChI=1S/C11H14IN3S/c1-7-3-9(15(2)14-7)5-10(13)8-4-11(12)16-6-8/h3-4,6,10H,5,13H2,1-2H3. The van der Waals surface area contributed by atoms with E-state index in [2.05, 4.69) is 45.2 Å². The minimum atomic E-state index is 0.0644. The van der Waals surface area contributed by atoms with Gasteiger partial charge in [-0.2, -0.15) is 5.10 Å². The van der Waals surface area contributed by atoms with Crippen LogP contribution in [0.2, 0.25) is 0 Å². The van der Waals surface area contributed by atoms with Crippen LogP contribution in [0.1, 0.15) is 23.0 Å². The fourth-order valence-corrected chi connectivity index (χ4v) is 3.15. The average molecular weight is 347 g/mol. The Morgan fingerprint density at radius 3 is 2.81 bits per heavy atom. The van der Waals surface area contributed by atoms with Gasteiger partial charge >= 0.3 is 0 Å². The van der Waals surface area contributed by atoms with E-state index in [0.29, 0.717) is 0 Å². The van der Waals surface area contributed by atoms with Gasteiger partial charge in [-0.05, 0) is 52.6 Å². The fraction of sp³-hybridized carbons (Fsp3) is 0.364. The van der Waals surface area contributed by atoms with Gasteiger partial charge in [-0.1, -0.05) is 0 Å². The van der Waals surface area contributed by atoms with E-state index in [4.69, 9.17) is 5.73 Å². The van der Waals surface area contributed by atoms with Crippen molar-refractivity contribution >= 4 is 33.9 Å². The number of nitrogens with zero attached hydrogens (tertiary/aromatic N) is 2. The molecule has 0 saturated carbocycles. The van der Waals surface area contributed by atoms with E-state index in [0.717, 1.165) is 12.1 Å². The van der Waals surface area contributed by atoms with Crippen LogP contribution >= 0.6 is 33.9 Å². The van der Waals surface area contributed by atoms with E-state index < -0.39 is 0 Å². The van der Waals surface area contributed by atoms with Crippen LogP contribution in [0.3, 0.4) is 0 Å². The van der Waals surface area contributed by atoms with Crippen LogP contribution in [0.4, 0.5) is 0 Å². The summed E-state index contributed by atoms with van der Waals surface area (Å²) in [5.74, 6) is 0. The molecule has 0 aliphatic heterocycles. The molecule has 0 aliphatic carbocycles. The van der Waals surface area contributed by atoms with Crippen molar-refractivity contribution in [3.05, 3.63) is 37.3 Å². The number of aryl methyl sites for hydroxylation is 2. The van der Waals surface area contributed by atoms with Gasteiger partial charge < -0.3 is 5.73 Å². The number of halogens is 1. The van der Waals surface area contributed by atoms with Crippen molar-refractivity contribution in [2.45, 2.75) is 19.4 Å². The maximum absolute atomic E-state index is 6.18. The molecule has 0 aliphatic rings. The number of nitrogens with two attached hydrogens (primary N) is 1. The van der Waals surface area contributed by atoms with Gasteiger partial charge in [-0.3, -0.25) is 4.68 Å². The molecule has 16 heavy (non-hydrogen) atoms. The fourth-order valence-electron chi connectivity index (χ4n) is 1.72. The van der Waals surface area contributed by atoms with Crippen LogP contribution in [0.25, 0.3) is 0 Å². The molecule has 1 atom stereocenters. The summed E-state index contributed by atoms with van der Waals surface area (Å²) in [6.45, 7) is 2.00. The number of hydrogen-bond acceptors (Lipinski definition) is 3. The van der Waals surface area contributed by atoms with Crippen molar-refractivity contribution in [2.75, 3.05) is 0 Å². The van der Waals surface area contributed by atoms with Crippen LogP contribution in [0, 0.1) is 9.81 Å². The van der Waals surface area contributed by atoms with E-state index in [1.807, 2.05) is 18.7 Å². The minimum absolute atomic E-state index is 0.0644. The molecule has 0 fully saturated rings. The smallest absolute Gasteiger partial charge is 0.0656 e. The Morgan fingerprint density at radius 1 is 1.56 bits per heavy atom. The van der Waals surface area contributed by atoms with Gasteiger partial charge in [-0.25, -0.2) is 0 Å². The SMILES string of the molecule is Cc1cc(CC(N)c2csc(I)c2)n(C)n1. The number of hydrogen-bond donors (Lipinski definition) is 1. The highest BCUT2D eigenvalue weighted by Crippen LogP contribution is 2.23. The van der Waals surface area contributed by atoms with Crippen LogP contribution in [-0.4, -0.2) is 9.78 Å². The largest absolute Gasteiger partial charge is 0.324 e. The summed E-state index contributed by atoms with van der Waals surface area (Å²) in [6, 6.07) is 4.31. The third-order valence-corrected chi connectivity index (χ3v) is 4.35. The summed E-state index contributed by atoms with van der Waals surface area (Å²) < 4.78 is 3.19. The first-order valence-corrected chi connectivity index (χ1v) is 7.01. The third-order valence-electron chi connectivity index (χ3n) is 2.54. The predicted octanol–water partition coefficient (Wildman–Crippen LogP) is 2.64. The molecule has 0 bridgehead atoms. The molecule has 2 aromatic heterocycles. The second-order valence-electron chi connectivity index (χ2n) is 3.90. The summed E-state index contributed by atoms with van der Waals surface area (Å²) in [6.07, 6.45) is 0.837. The molecule has 2 N–H and O–H groups in total. The van der Waals surface area contributed by atoms with E-state index in [1.54, 1.807) is 11.3 Å². The highest BCUT2D eigenvalue weighted by molar-refractivity contribution is 14.1. The highest BCUT2D eigenvalue weighted by atomic mass is 127. The molecule has 1 unspecified atom stereocenters. The molecule has 0 radical (unpaired) electrons. The zero-order chi connectivity index (χ0) is 11.7. The Kier molecular flexibility index (Phi) is 3.66. The van der Waals surface area contributed by atoms with Crippen LogP contribution in [-0.2, 0) is 13.5 Å². The average Bonchev–Trinajstić information content (AvgIpc) is 2.74. The lowest BCUT2D eigenvalue weighted by atomic mass is 10.1. The topological polar surface area (TPSA) is 43.8 Å². The van der Waals surface area contributed by atoms with Crippen molar-refractivity contribution in [1.82, 2.24) is 9.78 Å². The summed E-state index contributed by atoms with van der Waals surface area (Å²) in [7, 11) is 1.96. The summed E-state index contributed by atoms with van der Waals surface area (Å²) >= 11 is 4.06. The predicted molar refractivity (Wildman–Crippen MR) is 75.6 cm³/mol. The Labute approximate surface area is 113 Å². The monoisotopic (exact) mass is 347 g/mol. The maximum atomic E-state index is 6.18. The van der Waals surface area contributed by atoms with Crippen molar-refractivity contribution < 1.29 is 0 Å². The quantitative estimate of drug-likeness (QED) is 0.868. The lowest BCUT2D eigenvalue weighted by molar-refractivity contribution is 0.641. The van der Waals surface area contributed by atoms with E-state index in [-0.39, 0.29) is 6.04 Å². The van der Waals surface area contributed by atoms with Crippen LogP contribution < -0.4 is 5.73 Å². The molecule has 2 heterocycles. The van der Waals surface area contributed by atoms with Gasteiger partial charge in [0.2, 0.25) is 0 Å². The van der Waals surface area contributed by atoms with Gasteiger partial charge in [-0.15, -0.1) is 11.3 Å². The van der Waals surface area contributed by atoms with Gasteiger partial charge in [0.05, 0.1) is 8.58 Å². The van der Waals surface area contributed by atoms with Crippen molar-refractivity contribution in [3.63, 3.8) is 0 Å². The number of aromatic nitrogens is 2. The highest BCUT2D eigenvalue weighted by Gasteiger charge is 2.11. The first-order valence-electron chi connectivity index (χ1n) is 5.05. The third kappa shape index (κ3) is 2.64. The summed E-state index contributed by atoms with van der Waals surface area (Å²) in [4.78, 5) is 0. The second-order valence-corrected chi connectivity index (χ2v) is 6.70. The molecular weight excluding hydrogens is 333 g/mol. The van der Waals surface area contributed by atoms with Gasteiger partial charge in [0.15, 0.2) is 0 Å². The molecule has 0 saturated heterocycles. The van der Waals surface area contributed by atoms with Crippen molar-refractivity contribution in [2.24, 2.45) is 12.8 Å². The maximum Gasteiger partial charge on any atom is 0.0656 e. The first kappa shape index (κ1) is 12.1. The molecular formula is C11H14IN3S. The second kappa shape index (κ2) is 4.85. The Balaban J connectivity index is 2.13. The van der Waals surface area contributed by atoms with Crippen LogP contribution in [0.15, 0.2) is 17.5 Å². The van der Waals surface area contributed by atoms with Crippen molar-refractivity contribution in [3.8, 4) is 0 Å². The van der Waals surface area contributed by atoms with E-state index in [1.165, 1.54) is 14.1 Å². The normalized spacial score (nSPS) is 13.0. The molecule has 86 valence electrons. The number of thiophene rings is 1. The van der Waals surface area contributed by atoms with Gasteiger partial charge in [0.1, 0.15) is 0 Å². The lowest BCUT2D eigenvalue weighted by Gasteiger charge is -2.09. The summed E-state index contributed by atoms with van der Waals surface area (Å²) in [5.41, 5.74) is 9.63. The molecule has 0 spiro atoms. The van der Waals surface area contributed by atoms with E-state index in [9.17, 15) is 0 Å². The molecule has 5 heteroatoms. The molecule has 2 rings (SSSR count). The molecule has 3 nitrogen and oxygen atoms in total. The van der Waals surface area contributed by atoms with E-state index >= 15 is 0 Å². The van der Waals surface area contributed by atoms with Gasteiger partial charge in [0, 0.05) is 25.2 Å². The first-order chi connectivity index (χ1) is 7.56. The summed E-state index contributed by atoms with van der Waals surface area (Å²) in [5, 5.41) is 6.46.